The summed E-state index contributed by atoms with van der Waals surface area (Å²) in [5.41, 5.74) is 0.546. The molecule has 2 rings (SSSR count). The average molecular weight is 266 g/mol. The van der Waals surface area contributed by atoms with E-state index in [1.54, 1.807) is 32.7 Å². The highest BCUT2D eigenvalue weighted by Crippen LogP contribution is 2.46. The molecule has 0 bridgehead atoms. The van der Waals surface area contributed by atoms with Crippen LogP contribution in [0.4, 0.5) is 0 Å². The van der Waals surface area contributed by atoms with Gasteiger partial charge in [-0.15, -0.1) is 11.8 Å². The van der Waals surface area contributed by atoms with Crippen molar-refractivity contribution in [2.24, 2.45) is 5.41 Å². The molecule has 0 saturated heterocycles. The summed E-state index contributed by atoms with van der Waals surface area (Å²) < 4.78 is 5.24. The van der Waals surface area contributed by atoms with Crippen molar-refractivity contribution in [1.29, 1.82) is 0 Å². The van der Waals surface area contributed by atoms with Crippen molar-refractivity contribution in [3.05, 3.63) is 23.8 Å². The third kappa shape index (κ3) is 2.48. The standard InChI is InChI=1S/C14H18O3S/c1-14(2,13(15)16)7-9-8-18-12-5-4-10(17-3)6-11(9)12/h4-6,9H,7-8H2,1-3H3,(H,15,16). The normalized spacial score (nSPS) is 18.5. The Kier molecular flexibility index (Phi) is 3.57. The second kappa shape index (κ2) is 4.84. The van der Waals surface area contributed by atoms with Crippen molar-refractivity contribution in [3.8, 4) is 5.75 Å². The van der Waals surface area contributed by atoms with Crippen LogP contribution in [0, 0.1) is 5.41 Å². The lowest BCUT2D eigenvalue weighted by Crippen LogP contribution is -2.26. The topological polar surface area (TPSA) is 46.5 Å². The molecule has 1 unspecified atom stereocenters. The summed E-state index contributed by atoms with van der Waals surface area (Å²) in [6.07, 6.45) is 0.662. The van der Waals surface area contributed by atoms with Gasteiger partial charge >= 0.3 is 5.97 Å². The molecule has 0 aromatic heterocycles. The molecular formula is C14H18O3S. The van der Waals surface area contributed by atoms with E-state index in [-0.39, 0.29) is 0 Å². The zero-order valence-corrected chi connectivity index (χ0v) is 11.7. The molecule has 1 aliphatic rings. The lowest BCUT2D eigenvalue weighted by atomic mass is 9.81. The molecule has 1 aromatic carbocycles. The number of carboxylic acid groups (broad SMARTS) is 1. The first-order chi connectivity index (χ1) is 8.44. The first-order valence-corrected chi connectivity index (χ1v) is 6.97. The zero-order valence-electron chi connectivity index (χ0n) is 10.9. The quantitative estimate of drug-likeness (QED) is 0.907. The van der Waals surface area contributed by atoms with Crippen LogP contribution in [0.1, 0.15) is 31.7 Å². The number of fused-ring (bicyclic) bond motifs is 1. The van der Waals surface area contributed by atoms with Crippen LogP contribution < -0.4 is 4.74 Å². The van der Waals surface area contributed by atoms with E-state index in [2.05, 4.69) is 6.07 Å². The molecule has 0 spiro atoms. The number of carboxylic acids is 1. The number of ether oxygens (including phenoxy) is 1. The number of benzene rings is 1. The summed E-state index contributed by atoms with van der Waals surface area (Å²) in [6, 6.07) is 6.06. The molecule has 0 fully saturated rings. The SMILES string of the molecule is COc1ccc2c(c1)C(CC(C)(C)C(=O)O)CS2. The third-order valence-electron chi connectivity index (χ3n) is 3.43. The lowest BCUT2D eigenvalue weighted by Gasteiger charge is -2.23. The molecule has 1 N–H and O–H groups in total. The number of hydrogen-bond donors (Lipinski definition) is 1. The van der Waals surface area contributed by atoms with Crippen LogP contribution in [0.3, 0.4) is 0 Å². The van der Waals surface area contributed by atoms with Crippen molar-refractivity contribution in [3.63, 3.8) is 0 Å². The van der Waals surface area contributed by atoms with Gasteiger partial charge in [-0.25, -0.2) is 0 Å². The van der Waals surface area contributed by atoms with Crippen LogP contribution in [-0.2, 0) is 4.79 Å². The zero-order chi connectivity index (χ0) is 13.3. The molecule has 98 valence electrons. The number of hydrogen-bond acceptors (Lipinski definition) is 3. The lowest BCUT2D eigenvalue weighted by molar-refractivity contribution is -0.147. The fourth-order valence-corrected chi connectivity index (χ4v) is 3.49. The predicted molar refractivity (Wildman–Crippen MR) is 72.5 cm³/mol. The van der Waals surface area contributed by atoms with E-state index in [9.17, 15) is 9.90 Å². The molecule has 0 radical (unpaired) electrons. The van der Waals surface area contributed by atoms with Crippen LogP contribution in [0.5, 0.6) is 5.75 Å². The first-order valence-electron chi connectivity index (χ1n) is 5.98. The van der Waals surface area contributed by atoms with E-state index in [1.165, 1.54) is 10.5 Å². The van der Waals surface area contributed by atoms with Crippen molar-refractivity contribution < 1.29 is 14.6 Å². The van der Waals surface area contributed by atoms with Crippen LogP contribution in [0.25, 0.3) is 0 Å². The van der Waals surface area contributed by atoms with Crippen molar-refractivity contribution in [1.82, 2.24) is 0 Å². The van der Waals surface area contributed by atoms with Crippen molar-refractivity contribution >= 4 is 17.7 Å². The highest BCUT2D eigenvalue weighted by molar-refractivity contribution is 7.99. The maximum Gasteiger partial charge on any atom is 0.309 e. The summed E-state index contributed by atoms with van der Waals surface area (Å²) >= 11 is 1.80. The molecule has 1 aromatic rings. The highest BCUT2D eigenvalue weighted by atomic mass is 32.2. The largest absolute Gasteiger partial charge is 0.497 e. The molecular weight excluding hydrogens is 248 g/mol. The molecule has 3 nitrogen and oxygen atoms in total. The van der Waals surface area contributed by atoms with E-state index in [0.717, 1.165) is 11.5 Å². The highest BCUT2D eigenvalue weighted by Gasteiger charge is 2.34. The smallest absolute Gasteiger partial charge is 0.309 e. The molecule has 1 atom stereocenters. The Balaban J connectivity index is 2.23. The molecule has 0 amide bonds. The Morgan fingerprint density at radius 1 is 1.56 bits per heavy atom. The van der Waals surface area contributed by atoms with E-state index < -0.39 is 11.4 Å². The Labute approximate surface area is 112 Å². The summed E-state index contributed by atoms with van der Waals surface area (Å²) in [5.74, 6) is 1.36. The summed E-state index contributed by atoms with van der Waals surface area (Å²) in [6.45, 7) is 3.58. The van der Waals surface area contributed by atoms with E-state index >= 15 is 0 Å². The molecule has 4 heteroatoms. The van der Waals surface area contributed by atoms with E-state index in [4.69, 9.17) is 4.74 Å². The van der Waals surface area contributed by atoms with Gasteiger partial charge in [0.05, 0.1) is 12.5 Å². The average Bonchev–Trinajstić information content (AvgIpc) is 2.71. The molecule has 1 aliphatic heterocycles. The Morgan fingerprint density at radius 2 is 2.28 bits per heavy atom. The minimum absolute atomic E-state index is 0.297. The summed E-state index contributed by atoms with van der Waals surface area (Å²) in [7, 11) is 1.65. The van der Waals surface area contributed by atoms with Gasteiger partial charge in [0.2, 0.25) is 0 Å². The van der Waals surface area contributed by atoms with Gasteiger partial charge in [-0.2, -0.15) is 0 Å². The Bertz CT molecular complexity index is 468. The second-order valence-corrected chi connectivity index (χ2v) is 6.37. The third-order valence-corrected chi connectivity index (χ3v) is 4.68. The van der Waals surface area contributed by atoms with Crippen LogP contribution in [-0.4, -0.2) is 23.9 Å². The summed E-state index contributed by atoms with van der Waals surface area (Å²) in [5, 5.41) is 9.22. The van der Waals surface area contributed by atoms with Crippen molar-refractivity contribution in [2.45, 2.75) is 31.1 Å². The molecule has 1 heterocycles. The van der Waals surface area contributed by atoms with E-state index in [1.807, 2.05) is 12.1 Å². The van der Waals surface area contributed by atoms with Gasteiger partial charge in [0.25, 0.3) is 0 Å². The van der Waals surface area contributed by atoms with Gasteiger partial charge in [0.1, 0.15) is 5.75 Å². The minimum atomic E-state index is -0.733. The van der Waals surface area contributed by atoms with Gasteiger partial charge < -0.3 is 9.84 Å². The van der Waals surface area contributed by atoms with Gasteiger partial charge in [0, 0.05) is 10.6 Å². The fraction of sp³-hybridized carbons (Fsp3) is 0.500. The maximum atomic E-state index is 11.2. The number of methoxy groups -OCH3 is 1. The maximum absolute atomic E-state index is 11.2. The van der Waals surface area contributed by atoms with Crippen LogP contribution in [0.15, 0.2) is 23.1 Å². The Hall–Kier alpha value is -1.16. The summed E-state index contributed by atoms with van der Waals surface area (Å²) in [4.78, 5) is 12.5. The fourth-order valence-electron chi connectivity index (χ4n) is 2.26. The molecule has 18 heavy (non-hydrogen) atoms. The van der Waals surface area contributed by atoms with E-state index in [0.29, 0.717) is 12.3 Å². The van der Waals surface area contributed by atoms with Crippen LogP contribution in [0.2, 0.25) is 0 Å². The van der Waals surface area contributed by atoms with Gasteiger partial charge in [-0.05, 0) is 49.9 Å². The number of aliphatic carboxylic acids is 1. The second-order valence-electron chi connectivity index (χ2n) is 5.30. The number of rotatable bonds is 4. The predicted octanol–water partition coefficient (Wildman–Crippen LogP) is 3.39. The minimum Gasteiger partial charge on any atom is -0.497 e. The van der Waals surface area contributed by atoms with Crippen molar-refractivity contribution in [2.75, 3.05) is 12.9 Å². The van der Waals surface area contributed by atoms with Gasteiger partial charge in [-0.1, -0.05) is 0 Å². The van der Waals surface area contributed by atoms with Gasteiger partial charge in [0.15, 0.2) is 0 Å². The number of carbonyl (C=O) groups is 1. The van der Waals surface area contributed by atoms with Gasteiger partial charge in [-0.3, -0.25) is 4.79 Å². The Morgan fingerprint density at radius 3 is 2.89 bits per heavy atom. The number of thioether (sulfide) groups is 1. The molecule has 0 aliphatic carbocycles. The molecule has 0 saturated carbocycles. The monoisotopic (exact) mass is 266 g/mol. The first kappa shape index (κ1) is 13.3. The van der Waals surface area contributed by atoms with Crippen LogP contribution >= 0.6 is 11.8 Å².